The number of rotatable bonds is 3. The molecule has 0 spiro atoms. The predicted octanol–water partition coefficient (Wildman–Crippen LogP) is 3.34. The molecule has 0 bridgehead atoms. The van der Waals surface area contributed by atoms with E-state index in [9.17, 15) is 4.79 Å². The molecule has 98 valence electrons. The number of carbonyl (C=O) groups excluding carboxylic acids is 1. The number of hydrogen-bond acceptors (Lipinski definition) is 1. The molecule has 2 rings (SSSR count). The maximum Gasteiger partial charge on any atom is 0.223 e. The van der Waals surface area contributed by atoms with Crippen molar-refractivity contribution in [1.29, 1.82) is 0 Å². The minimum Gasteiger partial charge on any atom is -0.353 e. The molecule has 2 aliphatic carbocycles. The predicted molar refractivity (Wildman–Crippen MR) is 71.1 cm³/mol. The molecule has 2 nitrogen and oxygen atoms in total. The number of alkyl halides is 1. The van der Waals surface area contributed by atoms with Crippen LogP contribution in [0.4, 0.5) is 0 Å². The normalized spacial score (nSPS) is 38.0. The summed E-state index contributed by atoms with van der Waals surface area (Å²) in [6.45, 7) is 2.21. The molecular formula is C14H24ClNO. The molecule has 1 amide bonds. The fourth-order valence-electron chi connectivity index (χ4n) is 3.41. The molecule has 0 heterocycles. The van der Waals surface area contributed by atoms with Crippen molar-refractivity contribution in [3.63, 3.8) is 0 Å². The van der Waals surface area contributed by atoms with Crippen LogP contribution in [-0.2, 0) is 4.79 Å². The second kappa shape index (κ2) is 6.08. The quantitative estimate of drug-likeness (QED) is 0.772. The third kappa shape index (κ3) is 3.15. The Morgan fingerprint density at radius 1 is 1.18 bits per heavy atom. The Bertz CT molecular complexity index is 269. The van der Waals surface area contributed by atoms with Gasteiger partial charge >= 0.3 is 0 Å². The van der Waals surface area contributed by atoms with E-state index < -0.39 is 0 Å². The minimum absolute atomic E-state index is 0.257. The lowest BCUT2D eigenvalue weighted by atomic mass is 9.85. The maximum absolute atomic E-state index is 12.2. The molecule has 2 saturated carbocycles. The van der Waals surface area contributed by atoms with Gasteiger partial charge in [-0.25, -0.2) is 0 Å². The van der Waals surface area contributed by atoms with Crippen LogP contribution in [0.25, 0.3) is 0 Å². The standard InChI is InChI=1S/C14H24ClNO/c1-10-5-4-7-12(10)14(17)16-13-8-3-2-6-11(13)9-15/h10-13H,2-9H2,1H3,(H,16,17). The molecule has 4 atom stereocenters. The van der Waals surface area contributed by atoms with Gasteiger partial charge in [0.05, 0.1) is 0 Å². The van der Waals surface area contributed by atoms with E-state index in [0.29, 0.717) is 23.8 Å². The van der Waals surface area contributed by atoms with Crippen molar-refractivity contribution in [2.24, 2.45) is 17.8 Å². The van der Waals surface area contributed by atoms with E-state index in [1.807, 2.05) is 0 Å². The van der Waals surface area contributed by atoms with Gasteiger partial charge in [-0.1, -0.05) is 26.2 Å². The Morgan fingerprint density at radius 2 is 1.94 bits per heavy atom. The molecule has 0 aromatic rings. The highest BCUT2D eigenvalue weighted by molar-refractivity contribution is 6.18. The first kappa shape index (κ1) is 13.2. The highest BCUT2D eigenvalue weighted by Crippen LogP contribution is 2.32. The van der Waals surface area contributed by atoms with Crippen LogP contribution in [0.3, 0.4) is 0 Å². The van der Waals surface area contributed by atoms with Gasteiger partial charge < -0.3 is 5.32 Å². The second-order valence-electron chi connectivity index (χ2n) is 5.83. The lowest BCUT2D eigenvalue weighted by Gasteiger charge is -2.32. The van der Waals surface area contributed by atoms with E-state index in [1.165, 1.54) is 32.1 Å². The van der Waals surface area contributed by atoms with Gasteiger partial charge in [-0.05, 0) is 37.5 Å². The van der Waals surface area contributed by atoms with Gasteiger partial charge in [-0.2, -0.15) is 0 Å². The molecular weight excluding hydrogens is 234 g/mol. The molecule has 1 N–H and O–H groups in total. The first-order valence-corrected chi connectivity index (χ1v) is 7.62. The summed E-state index contributed by atoms with van der Waals surface area (Å²) in [6.07, 6.45) is 8.29. The van der Waals surface area contributed by atoms with Crippen molar-refractivity contribution >= 4 is 17.5 Å². The van der Waals surface area contributed by atoms with E-state index >= 15 is 0 Å². The average Bonchev–Trinajstić information content (AvgIpc) is 2.76. The van der Waals surface area contributed by atoms with Crippen molar-refractivity contribution in [2.45, 2.75) is 57.9 Å². The molecule has 0 aromatic heterocycles. The first-order chi connectivity index (χ1) is 8.22. The SMILES string of the molecule is CC1CCCC1C(=O)NC1CCCCC1CCl. The second-order valence-corrected chi connectivity index (χ2v) is 6.14. The summed E-state index contributed by atoms with van der Waals surface area (Å²) < 4.78 is 0. The van der Waals surface area contributed by atoms with Crippen LogP contribution in [0.15, 0.2) is 0 Å². The van der Waals surface area contributed by atoms with Crippen LogP contribution in [0.1, 0.15) is 51.9 Å². The molecule has 0 aliphatic heterocycles. The van der Waals surface area contributed by atoms with E-state index in [1.54, 1.807) is 0 Å². The third-order valence-corrected chi connectivity index (χ3v) is 5.03. The van der Waals surface area contributed by atoms with Crippen LogP contribution in [-0.4, -0.2) is 17.8 Å². The highest BCUT2D eigenvalue weighted by Gasteiger charge is 2.33. The van der Waals surface area contributed by atoms with Crippen LogP contribution in [0.2, 0.25) is 0 Å². The number of hydrogen-bond donors (Lipinski definition) is 1. The summed E-state index contributed by atoms with van der Waals surface area (Å²) in [5, 5.41) is 3.27. The maximum atomic E-state index is 12.2. The smallest absolute Gasteiger partial charge is 0.223 e. The van der Waals surface area contributed by atoms with Gasteiger partial charge in [-0.3, -0.25) is 4.79 Å². The minimum atomic E-state index is 0.257. The van der Waals surface area contributed by atoms with Crippen LogP contribution in [0, 0.1) is 17.8 Å². The van der Waals surface area contributed by atoms with E-state index in [4.69, 9.17) is 11.6 Å². The zero-order valence-corrected chi connectivity index (χ0v) is 11.5. The van der Waals surface area contributed by atoms with Crippen LogP contribution >= 0.6 is 11.6 Å². The Morgan fingerprint density at radius 3 is 2.59 bits per heavy atom. The summed E-state index contributed by atoms with van der Waals surface area (Å²) in [7, 11) is 0. The lowest BCUT2D eigenvalue weighted by Crippen LogP contribution is -2.45. The number of amides is 1. The van der Waals surface area contributed by atoms with Gasteiger partial charge in [0.15, 0.2) is 0 Å². The summed E-state index contributed by atoms with van der Waals surface area (Å²) >= 11 is 6.00. The van der Waals surface area contributed by atoms with Gasteiger partial charge in [0.1, 0.15) is 0 Å². The number of halogens is 1. The molecule has 17 heavy (non-hydrogen) atoms. The summed E-state index contributed by atoms with van der Waals surface area (Å²) in [5.41, 5.74) is 0. The lowest BCUT2D eigenvalue weighted by molar-refractivity contribution is -0.127. The van der Waals surface area contributed by atoms with Crippen molar-refractivity contribution in [2.75, 3.05) is 5.88 Å². The first-order valence-electron chi connectivity index (χ1n) is 7.08. The molecule has 2 fully saturated rings. The Balaban J connectivity index is 1.88. The fraction of sp³-hybridized carbons (Fsp3) is 0.929. The van der Waals surface area contributed by atoms with Crippen molar-refractivity contribution in [3.05, 3.63) is 0 Å². The average molecular weight is 258 g/mol. The fourth-order valence-corrected chi connectivity index (χ4v) is 3.78. The van der Waals surface area contributed by atoms with Crippen molar-refractivity contribution < 1.29 is 4.79 Å². The van der Waals surface area contributed by atoms with Crippen LogP contribution < -0.4 is 5.32 Å². The van der Waals surface area contributed by atoms with E-state index in [-0.39, 0.29) is 11.8 Å². The van der Waals surface area contributed by atoms with Gasteiger partial charge in [0.2, 0.25) is 5.91 Å². The molecule has 0 aromatic carbocycles. The summed E-state index contributed by atoms with van der Waals surface area (Å²) in [5.74, 6) is 2.29. The zero-order valence-electron chi connectivity index (χ0n) is 10.8. The van der Waals surface area contributed by atoms with Gasteiger partial charge in [0.25, 0.3) is 0 Å². The zero-order chi connectivity index (χ0) is 12.3. The molecule has 3 heteroatoms. The highest BCUT2D eigenvalue weighted by atomic mass is 35.5. The molecule has 0 saturated heterocycles. The monoisotopic (exact) mass is 257 g/mol. The summed E-state index contributed by atoms with van der Waals surface area (Å²) in [6, 6.07) is 0.335. The number of nitrogens with one attached hydrogen (secondary N) is 1. The van der Waals surface area contributed by atoms with E-state index in [2.05, 4.69) is 12.2 Å². The topological polar surface area (TPSA) is 29.1 Å². The van der Waals surface area contributed by atoms with Gasteiger partial charge in [0, 0.05) is 17.8 Å². The van der Waals surface area contributed by atoms with Crippen molar-refractivity contribution in [3.8, 4) is 0 Å². The number of carbonyl (C=O) groups is 1. The Kier molecular flexibility index (Phi) is 4.72. The van der Waals surface area contributed by atoms with Crippen molar-refractivity contribution in [1.82, 2.24) is 5.32 Å². The summed E-state index contributed by atoms with van der Waals surface area (Å²) in [4.78, 5) is 12.2. The molecule has 0 radical (unpaired) electrons. The molecule has 2 aliphatic rings. The van der Waals surface area contributed by atoms with Gasteiger partial charge in [-0.15, -0.1) is 11.6 Å². The Labute approximate surface area is 109 Å². The van der Waals surface area contributed by atoms with Crippen LogP contribution in [0.5, 0.6) is 0 Å². The Hall–Kier alpha value is -0.240. The molecule has 4 unspecified atom stereocenters. The largest absolute Gasteiger partial charge is 0.353 e. The van der Waals surface area contributed by atoms with E-state index in [0.717, 1.165) is 12.8 Å². The third-order valence-electron chi connectivity index (χ3n) is 4.63.